The lowest BCUT2D eigenvalue weighted by Crippen LogP contribution is -2.15. The number of halogens is 1. The SMILES string of the molecule is Cc1noc(NS(=O)(=O)c2ccc(NC(=O)c3cc(-c4ccc(Cl)s4)nc4ccccc34)cc2)c1C. The molecule has 0 spiro atoms. The molecule has 0 bridgehead atoms. The summed E-state index contributed by atoms with van der Waals surface area (Å²) in [6.07, 6.45) is 0. The molecule has 0 saturated carbocycles. The molecule has 2 aromatic carbocycles. The molecule has 1 amide bonds. The van der Waals surface area contributed by atoms with Gasteiger partial charge in [-0.1, -0.05) is 35.0 Å². The number of amides is 1. The highest BCUT2D eigenvalue weighted by molar-refractivity contribution is 7.92. The lowest BCUT2D eigenvalue weighted by molar-refractivity contribution is 0.102. The quantitative estimate of drug-likeness (QED) is 0.263. The number of aryl methyl sites for hydroxylation is 1. The molecule has 11 heteroatoms. The molecule has 0 fully saturated rings. The van der Waals surface area contributed by atoms with Gasteiger partial charge in [-0.15, -0.1) is 11.3 Å². The number of benzene rings is 2. The van der Waals surface area contributed by atoms with Crippen molar-refractivity contribution in [2.45, 2.75) is 18.7 Å². The van der Waals surface area contributed by atoms with Gasteiger partial charge >= 0.3 is 0 Å². The van der Waals surface area contributed by atoms with Gasteiger partial charge in [-0.25, -0.2) is 18.1 Å². The molecule has 0 saturated heterocycles. The van der Waals surface area contributed by atoms with Gasteiger partial charge in [0, 0.05) is 16.6 Å². The van der Waals surface area contributed by atoms with Crippen LogP contribution in [0.4, 0.5) is 11.6 Å². The molecule has 182 valence electrons. The van der Waals surface area contributed by atoms with Crippen LogP contribution in [0.15, 0.2) is 76.1 Å². The number of rotatable bonds is 6. The monoisotopic (exact) mass is 538 g/mol. The normalized spacial score (nSPS) is 11.5. The summed E-state index contributed by atoms with van der Waals surface area (Å²) in [6.45, 7) is 3.43. The third-order valence-corrected chi connectivity index (χ3v) is 8.19. The van der Waals surface area contributed by atoms with Crippen molar-refractivity contribution in [3.8, 4) is 10.6 Å². The fourth-order valence-electron chi connectivity index (χ4n) is 3.55. The number of pyridine rings is 1. The van der Waals surface area contributed by atoms with Crippen LogP contribution < -0.4 is 10.0 Å². The van der Waals surface area contributed by atoms with E-state index in [1.165, 1.54) is 35.6 Å². The fourth-order valence-corrected chi connectivity index (χ4v) is 5.60. The van der Waals surface area contributed by atoms with E-state index >= 15 is 0 Å². The zero-order valence-corrected chi connectivity index (χ0v) is 21.5. The van der Waals surface area contributed by atoms with Crippen molar-refractivity contribution in [2.24, 2.45) is 0 Å². The molecule has 36 heavy (non-hydrogen) atoms. The second kappa shape index (κ2) is 9.38. The summed E-state index contributed by atoms with van der Waals surface area (Å²) in [5.74, 6) is -0.281. The molecule has 0 atom stereocenters. The van der Waals surface area contributed by atoms with Crippen molar-refractivity contribution in [1.29, 1.82) is 0 Å². The number of nitrogens with zero attached hydrogens (tertiary/aromatic N) is 2. The summed E-state index contributed by atoms with van der Waals surface area (Å²) >= 11 is 7.47. The average molecular weight is 539 g/mol. The van der Waals surface area contributed by atoms with Gasteiger partial charge in [0.15, 0.2) is 0 Å². The molecule has 0 aliphatic carbocycles. The van der Waals surface area contributed by atoms with Crippen LogP contribution in [0, 0.1) is 13.8 Å². The summed E-state index contributed by atoms with van der Waals surface area (Å²) in [5, 5.41) is 7.30. The molecular formula is C25H19ClN4O4S2. The number of hydrogen-bond donors (Lipinski definition) is 2. The molecule has 5 aromatic rings. The first-order valence-corrected chi connectivity index (χ1v) is 13.4. The number of hydrogen-bond acceptors (Lipinski definition) is 7. The molecule has 0 aliphatic heterocycles. The molecule has 0 radical (unpaired) electrons. The first kappa shape index (κ1) is 24.0. The topological polar surface area (TPSA) is 114 Å². The van der Waals surface area contributed by atoms with Gasteiger partial charge in [0.2, 0.25) is 5.88 Å². The Labute approximate surface area is 216 Å². The van der Waals surface area contributed by atoms with Crippen LogP contribution in [0.3, 0.4) is 0 Å². The van der Waals surface area contributed by atoms with Crippen LogP contribution in [0.5, 0.6) is 0 Å². The molecule has 5 rings (SSSR count). The van der Waals surface area contributed by atoms with Crippen LogP contribution in [0.1, 0.15) is 21.6 Å². The number of thiophene rings is 1. The van der Waals surface area contributed by atoms with Crippen LogP contribution in [-0.2, 0) is 10.0 Å². The largest absolute Gasteiger partial charge is 0.337 e. The highest BCUT2D eigenvalue weighted by Crippen LogP contribution is 2.32. The second-order valence-electron chi connectivity index (χ2n) is 7.98. The first-order valence-electron chi connectivity index (χ1n) is 10.7. The molecule has 0 aliphatic rings. The third kappa shape index (κ3) is 4.70. The van der Waals surface area contributed by atoms with E-state index in [1.54, 1.807) is 26.0 Å². The molecule has 8 nitrogen and oxygen atoms in total. The first-order chi connectivity index (χ1) is 17.2. The fraction of sp³-hybridized carbons (Fsp3) is 0.0800. The number of anilines is 2. The van der Waals surface area contributed by atoms with Gasteiger partial charge in [0.05, 0.1) is 36.6 Å². The maximum atomic E-state index is 13.3. The summed E-state index contributed by atoms with van der Waals surface area (Å²) in [7, 11) is -3.90. The summed E-state index contributed by atoms with van der Waals surface area (Å²) < 4.78 is 33.5. The lowest BCUT2D eigenvalue weighted by Gasteiger charge is -2.11. The third-order valence-electron chi connectivity index (χ3n) is 5.59. The summed E-state index contributed by atoms with van der Waals surface area (Å²) in [4.78, 5) is 18.8. The number of aromatic nitrogens is 2. The Morgan fingerprint density at radius 3 is 2.44 bits per heavy atom. The minimum atomic E-state index is -3.90. The van der Waals surface area contributed by atoms with Gasteiger partial charge in [-0.2, -0.15) is 0 Å². The van der Waals surface area contributed by atoms with Gasteiger partial charge in [0.25, 0.3) is 15.9 Å². The second-order valence-corrected chi connectivity index (χ2v) is 11.4. The van der Waals surface area contributed by atoms with Gasteiger partial charge < -0.3 is 9.84 Å². The lowest BCUT2D eigenvalue weighted by atomic mass is 10.1. The number of carbonyl (C=O) groups is 1. The standard InChI is InChI=1S/C25H19ClN4O4S2/c1-14-15(2)29-34-25(14)30-36(32,33)17-9-7-16(8-10-17)27-24(31)19-13-21(22-11-12-23(26)35-22)28-20-6-4-3-5-18(19)20/h3-13,30H,1-2H3,(H,27,31). The van der Waals surface area contributed by atoms with Crippen molar-refractivity contribution >= 4 is 61.3 Å². The van der Waals surface area contributed by atoms with E-state index in [9.17, 15) is 13.2 Å². The van der Waals surface area contributed by atoms with Crippen molar-refractivity contribution in [1.82, 2.24) is 10.1 Å². The van der Waals surface area contributed by atoms with E-state index in [1.807, 2.05) is 30.3 Å². The van der Waals surface area contributed by atoms with Crippen LogP contribution in [0.2, 0.25) is 4.34 Å². The van der Waals surface area contributed by atoms with E-state index in [-0.39, 0.29) is 16.7 Å². The van der Waals surface area contributed by atoms with E-state index in [4.69, 9.17) is 16.1 Å². The summed E-state index contributed by atoms with van der Waals surface area (Å²) in [5.41, 5.74) is 3.40. The molecule has 3 heterocycles. The van der Waals surface area contributed by atoms with E-state index < -0.39 is 10.0 Å². The number of nitrogens with one attached hydrogen (secondary N) is 2. The van der Waals surface area contributed by atoms with Gasteiger partial charge in [-0.3, -0.25) is 4.79 Å². The smallest absolute Gasteiger partial charge is 0.264 e. The number of carbonyl (C=O) groups excluding carboxylic acids is 1. The molecular weight excluding hydrogens is 520 g/mol. The van der Waals surface area contributed by atoms with E-state index in [0.29, 0.717) is 43.4 Å². The molecule has 0 unspecified atom stereocenters. The Morgan fingerprint density at radius 1 is 1.03 bits per heavy atom. The number of fused-ring (bicyclic) bond motifs is 1. The van der Waals surface area contributed by atoms with Crippen LogP contribution in [-0.4, -0.2) is 24.5 Å². The zero-order valence-electron chi connectivity index (χ0n) is 19.1. The predicted octanol–water partition coefficient (Wildman–Crippen LogP) is 6.27. The molecule has 2 N–H and O–H groups in total. The van der Waals surface area contributed by atoms with Crippen LogP contribution >= 0.6 is 22.9 Å². The van der Waals surface area contributed by atoms with E-state index in [2.05, 4.69) is 20.2 Å². The predicted molar refractivity (Wildman–Crippen MR) is 141 cm³/mol. The number of para-hydroxylation sites is 1. The Morgan fingerprint density at radius 2 is 1.78 bits per heavy atom. The Hall–Kier alpha value is -3.73. The maximum Gasteiger partial charge on any atom is 0.264 e. The molecule has 3 aromatic heterocycles. The average Bonchev–Trinajstić information content (AvgIpc) is 3.44. The highest BCUT2D eigenvalue weighted by Gasteiger charge is 2.20. The minimum absolute atomic E-state index is 0.0140. The van der Waals surface area contributed by atoms with Crippen molar-refractivity contribution in [2.75, 3.05) is 10.0 Å². The van der Waals surface area contributed by atoms with Crippen molar-refractivity contribution in [3.63, 3.8) is 0 Å². The Balaban J connectivity index is 1.41. The minimum Gasteiger partial charge on any atom is -0.337 e. The van der Waals surface area contributed by atoms with Gasteiger partial charge in [-0.05, 0) is 62.4 Å². The van der Waals surface area contributed by atoms with Crippen molar-refractivity contribution in [3.05, 3.63) is 87.9 Å². The summed E-state index contributed by atoms with van der Waals surface area (Å²) in [6, 6.07) is 18.6. The Bertz CT molecular complexity index is 1710. The zero-order chi connectivity index (χ0) is 25.4. The number of sulfonamides is 1. The maximum absolute atomic E-state index is 13.3. The Kier molecular flexibility index (Phi) is 6.25. The van der Waals surface area contributed by atoms with Crippen molar-refractivity contribution < 1.29 is 17.7 Å². The highest BCUT2D eigenvalue weighted by atomic mass is 35.5. The van der Waals surface area contributed by atoms with E-state index in [0.717, 1.165) is 4.88 Å². The van der Waals surface area contributed by atoms with Gasteiger partial charge in [0.1, 0.15) is 0 Å². The van der Waals surface area contributed by atoms with Crippen LogP contribution in [0.25, 0.3) is 21.5 Å².